The summed E-state index contributed by atoms with van der Waals surface area (Å²) in [4.78, 5) is 3.79. The molecule has 6 heteroatoms. The van der Waals surface area contributed by atoms with Crippen LogP contribution in [-0.2, 0) is 13.0 Å². The largest absolute Gasteiger partial charge is 0.482 e. The Kier molecular flexibility index (Phi) is 4.46. The summed E-state index contributed by atoms with van der Waals surface area (Å²) in [5, 5.41) is 3.58. The number of rotatable bonds is 6. The fourth-order valence-corrected chi connectivity index (χ4v) is 1.63. The first kappa shape index (κ1) is 13.5. The van der Waals surface area contributed by atoms with E-state index in [0.717, 1.165) is 12.0 Å². The second-order valence-corrected chi connectivity index (χ2v) is 4.27. The topological polar surface area (TPSA) is 74.2 Å². The molecule has 5 nitrogen and oxygen atoms in total. The van der Waals surface area contributed by atoms with Crippen LogP contribution in [0.3, 0.4) is 0 Å². The van der Waals surface area contributed by atoms with Crippen molar-refractivity contribution in [1.82, 2.24) is 10.1 Å². The van der Waals surface area contributed by atoms with Gasteiger partial charge >= 0.3 is 0 Å². The number of ether oxygens (including phenoxy) is 1. The number of nitrogens with two attached hydrogens (primary N) is 1. The van der Waals surface area contributed by atoms with E-state index in [9.17, 15) is 4.39 Å². The molecule has 1 aromatic carbocycles. The van der Waals surface area contributed by atoms with Gasteiger partial charge < -0.3 is 15.0 Å². The van der Waals surface area contributed by atoms with Crippen LogP contribution in [0.4, 0.5) is 4.39 Å². The SMILES string of the molecule is CCC(N)Cc1ccc(OCc2ncon2)c(F)c1. The fraction of sp³-hybridized carbons (Fsp3) is 0.385. The number of hydrogen-bond donors (Lipinski definition) is 1. The Hall–Kier alpha value is -1.95. The van der Waals surface area contributed by atoms with Crippen molar-refractivity contribution in [3.05, 3.63) is 41.8 Å². The number of hydrogen-bond acceptors (Lipinski definition) is 5. The van der Waals surface area contributed by atoms with Gasteiger partial charge in [-0.15, -0.1) is 0 Å². The van der Waals surface area contributed by atoms with Gasteiger partial charge in [0.05, 0.1) is 0 Å². The van der Waals surface area contributed by atoms with Crippen molar-refractivity contribution in [2.45, 2.75) is 32.4 Å². The molecule has 0 aliphatic heterocycles. The van der Waals surface area contributed by atoms with Crippen LogP contribution in [0.15, 0.2) is 29.1 Å². The zero-order chi connectivity index (χ0) is 13.7. The third-order valence-electron chi connectivity index (χ3n) is 2.78. The van der Waals surface area contributed by atoms with E-state index in [2.05, 4.69) is 14.7 Å². The van der Waals surface area contributed by atoms with Crippen molar-refractivity contribution in [3.63, 3.8) is 0 Å². The molecule has 0 bridgehead atoms. The van der Waals surface area contributed by atoms with Gasteiger partial charge in [-0.2, -0.15) is 4.98 Å². The molecule has 0 radical (unpaired) electrons. The minimum atomic E-state index is -0.413. The van der Waals surface area contributed by atoms with Crippen LogP contribution in [0.25, 0.3) is 0 Å². The second kappa shape index (κ2) is 6.29. The van der Waals surface area contributed by atoms with Crippen LogP contribution in [-0.4, -0.2) is 16.2 Å². The van der Waals surface area contributed by atoms with Crippen molar-refractivity contribution in [2.75, 3.05) is 0 Å². The van der Waals surface area contributed by atoms with Gasteiger partial charge in [0.1, 0.15) is 0 Å². The average Bonchev–Trinajstić information content (AvgIpc) is 2.91. The van der Waals surface area contributed by atoms with Crippen molar-refractivity contribution in [3.8, 4) is 5.75 Å². The standard InChI is InChI=1S/C13H16FN3O2/c1-2-10(15)5-9-3-4-12(11(14)6-9)18-7-13-16-8-19-17-13/h3-4,6,8,10H,2,5,7,15H2,1H3. The Morgan fingerprint density at radius 1 is 1.47 bits per heavy atom. The van der Waals surface area contributed by atoms with Crippen LogP contribution < -0.4 is 10.5 Å². The summed E-state index contributed by atoms with van der Waals surface area (Å²) in [5.74, 6) is 0.124. The molecule has 0 aliphatic carbocycles. The van der Waals surface area contributed by atoms with Gasteiger partial charge in [-0.05, 0) is 30.5 Å². The van der Waals surface area contributed by atoms with Gasteiger partial charge in [0.2, 0.25) is 12.2 Å². The molecule has 0 fully saturated rings. The van der Waals surface area contributed by atoms with Crippen molar-refractivity contribution in [2.24, 2.45) is 5.73 Å². The number of aromatic nitrogens is 2. The van der Waals surface area contributed by atoms with Crippen LogP contribution in [0.5, 0.6) is 5.75 Å². The van der Waals surface area contributed by atoms with Gasteiger partial charge in [-0.25, -0.2) is 4.39 Å². The van der Waals surface area contributed by atoms with E-state index < -0.39 is 5.82 Å². The highest BCUT2D eigenvalue weighted by molar-refractivity contribution is 5.29. The Balaban J connectivity index is 1.98. The maximum absolute atomic E-state index is 13.8. The third kappa shape index (κ3) is 3.75. The summed E-state index contributed by atoms with van der Waals surface area (Å²) in [6.07, 6.45) is 2.71. The Labute approximate surface area is 110 Å². The summed E-state index contributed by atoms with van der Waals surface area (Å²) in [7, 11) is 0. The summed E-state index contributed by atoms with van der Waals surface area (Å²) in [6, 6.07) is 4.89. The smallest absolute Gasteiger partial charge is 0.213 e. The molecular formula is C13H16FN3O2. The Morgan fingerprint density at radius 2 is 2.32 bits per heavy atom. The minimum Gasteiger partial charge on any atom is -0.482 e. The first-order chi connectivity index (χ1) is 9.19. The lowest BCUT2D eigenvalue weighted by atomic mass is 10.0. The fourth-order valence-electron chi connectivity index (χ4n) is 1.63. The van der Waals surface area contributed by atoms with E-state index in [4.69, 9.17) is 10.5 Å². The van der Waals surface area contributed by atoms with E-state index in [1.165, 1.54) is 12.5 Å². The second-order valence-electron chi connectivity index (χ2n) is 4.27. The molecule has 1 aromatic heterocycles. The summed E-state index contributed by atoms with van der Waals surface area (Å²) in [5.41, 5.74) is 6.70. The van der Waals surface area contributed by atoms with Crippen molar-refractivity contribution < 1.29 is 13.7 Å². The zero-order valence-electron chi connectivity index (χ0n) is 10.7. The molecule has 1 heterocycles. The highest BCUT2D eigenvalue weighted by Crippen LogP contribution is 2.20. The van der Waals surface area contributed by atoms with Gasteiger partial charge in [0, 0.05) is 6.04 Å². The Morgan fingerprint density at radius 3 is 2.95 bits per heavy atom. The lowest BCUT2D eigenvalue weighted by Gasteiger charge is -2.10. The molecule has 1 atom stereocenters. The van der Waals surface area contributed by atoms with Crippen molar-refractivity contribution >= 4 is 0 Å². The molecule has 2 aromatic rings. The van der Waals surface area contributed by atoms with Gasteiger partial charge in [-0.1, -0.05) is 18.1 Å². The molecule has 0 aliphatic rings. The lowest BCUT2D eigenvalue weighted by molar-refractivity contribution is 0.273. The van der Waals surface area contributed by atoms with Crippen LogP contribution in [0.2, 0.25) is 0 Å². The van der Waals surface area contributed by atoms with Crippen LogP contribution >= 0.6 is 0 Å². The van der Waals surface area contributed by atoms with E-state index >= 15 is 0 Å². The molecule has 0 amide bonds. The molecule has 1 unspecified atom stereocenters. The van der Waals surface area contributed by atoms with E-state index in [1.807, 2.05) is 13.0 Å². The van der Waals surface area contributed by atoms with E-state index in [-0.39, 0.29) is 18.4 Å². The first-order valence-electron chi connectivity index (χ1n) is 6.11. The number of benzene rings is 1. The lowest BCUT2D eigenvalue weighted by Crippen LogP contribution is -2.21. The van der Waals surface area contributed by atoms with E-state index in [0.29, 0.717) is 12.2 Å². The van der Waals surface area contributed by atoms with Crippen LogP contribution in [0, 0.1) is 5.82 Å². The van der Waals surface area contributed by atoms with Gasteiger partial charge in [0.15, 0.2) is 18.2 Å². The predicted octanol–water partition coefficient (Wildman–Crippen LogP) is 2.07. The molecule has 0 saturated carbocycles. The summed E-state index contributed by atoms with van der Waals surface area (Å²) >= 11 is 0. The summed E-state index contributed by atoms with van der Waals surface area (Å²) in [6.45, 7) is 2.07. The molecule has 2 N–H and O–H groups in total. The first-order valence-corrected chi connectivity index (χ1v) is 6.11. The zero-order valence-corrected chi connectivity index (χ0v) is 10.7. The molecule has 0 spiro atoms. The third-order valence-corrected chi connectivity index (χ3v) is 2.78. The van der Waals surface area contributed by atoms with Gasteiger partial charge in [-0.3, -0.25) is 0 Å². The highest BCUT2D eigenvalue weighted by Gasteiger charge is 2.08. The maximum Gasteiger partial charge on any atom is 0.213 e. The monoisotopic (exact) mass is 265 g/mol. The molecule has 0 saturated heterocycles. The van der Waals surface area contributed by atoms with Crippen molar-refractivity contribution in [1.29, 1.82) is 0 Å². The predicted molar refractivity (Wildman–Crippen MR) is 67.0 cm³/mol. The number of nitrogens with zero attached hydrogens (tertiary/aromatic N) is 2. The van der Waals surface area contributed by atoms with E-state index in [1.54, 1.807) is 6.07 Å². The van der Waals surface area contributed by atoms with Gasteiger partial charge in [0.25, 0.3) is 0 Å². The minimum absolute atomic E-state index is 0.0468. The molecule has 19 heavy (non-hydrogen) atoms. The summed E-state index contributed by atoms with van der Waals surface area (Å²) < 4.78 is 23.6. The quantitative estimate of drug-likeness (QED) is 0.865. The average molecular weight is 265 g/mol. The Bertz CT molecular complexity index is 517. The molecule has 102 valence electrons. The molecular weight excluding hydrogens is 249 g/mol. The number of halogens is 1. The maximum atomic E-state index is 13.8. The molecule has 2 rings (SSSR count). The highest BCUT2D eigenvalue weighted by atomic mass is 19.1. The van der Waals surface area contributed by atoms with Crippen LogP contribution in [0.1, 0.15) is 24.7 Å². The normalized spacial score (nSPS) is 12.4.